The number of ketones is 6. The molecule has 3 aliphatic carbocycles. The van der Waals surface area contributed by atoms with Gasteiger partial charge in [0.15, 0.2) is 11.6 Å². The fourth-order valence-corrected chi connectivity index (χ4v) is 6.92. The van der Waals surface area contributed by atoms with Crippen LogP contribution in [-0.2, 0) is 9.59 Å². The van der Waals surface area contributed by atoms with Gasteiger partial charge in [-0.15, -0.1) is 0 Å². The van der Waals surface area contributed by atoms with E-state index in [1.54, 1.807) is 30.4 Å². The number of hydrogen-bond donors (Lipinski definition) is 1. The van der Waals surface area contributed by atoms with E-state index in [1.165, 1.54) is 18.2 Å². The number of allylic oxidation sites excluding steroid dienone is 4. The van der Waals surface area contributed by atoms with Crippen LogP contribution in [0.3, 0.4) is 0 Å². The van der Waals surface area contributed by atoms with Crippen molar-refractivity contribution in [3.8, 4) is 17.2 Å². The Morgan fingerprint density at radius 3 is 1.25 bits per heavy atom. The number of carbonyl (C=O) groups is 6. The number of fused-ring (bicyclic) bond motifs is 9. The van der Waals surface area contributed by atoms with Crippen LogP contribution in [0.15, 0.2) is 78.6 Å². The van der Waals surface area contributed by atoms with Gasteiger partial charge in [-0.25, -0.2) is 0 Å². The summed E-state index contributed by atoms with van der Waals surface area (Å²) in [5.74, 6) is -3.50. The molecule has 9 rings (SSSR count). The van der Waals surface area contributed by atoms with Crippen molar-refractivity contribution in [2.24, 2.45) is 0 Å². The Bertz CT molecular complexity index is 2500. The smallest absolute Gasteiger partial charge is 0.872 e. The Balaban J connectivity index is 0.000000236. The Morgan fingerprint density at radius 2 is 0.803 bits per heavy atom. The minimum absolute atomic E-state index is 0. The number of hydrogen-bond acceptors (Lipinski definition) is 13. The van der Waals surface area contributed by atoms with Gasteiger partial charge in [0.1, 0.15) is 39.8 Å². The van der Waals surface area contributed by atoms with E-state index in [2.05, 4.69) is 0 Å². The van der Waals surface area contributed by atoms with Crippen LogP contribution in [0.2, 0.25) is 0 Å². The second-order valence-corrected chi connectivity index (χ2v) is 15.4. The Hall–Kier alpha value is -4.12. The van der Waals surface area contributed by atoms with Crippen LogP contribution in [0.4, 0.5) is 0 Å². The van der Waals surface area contributed by atoms with Gasteiger partial charge in [-0.2, -0.15) is 0 Å². The van der Waals surface area contributed by atoms with E-state index < -0.39 is 63.0 Å². The van der Waals surface area contributed by atoms with E-state index >= 15 is 0 Å². The molecule has 3 aliphatic heterocycles. The molecule has 3 heterocycles. The molecule has 6 aliphatic rings. The zero-order chi connectivity index (χ0) is 41.4. The van der Waals surface area contributed by atoms with Gasteiger partial charge >= 0.3 is 88.7 Å². The van der Waals surface area contributed by atoms with Crippen molar-refractivity contribution in [1.29, 1.82) is 0 Å². The van der Waals surface area contributed by atoms with Crippen molar-refractivity contribution in [2.75, 3.05) is 0 Å². The molecule has 16 heteroatoms. The Morgan fingerprint density at radius 1 is 0.459 bits per heavy atom. The largest absolute Gasteiger partial charge is 1.00 e. The molecule has 0 saturated heterocycles. The van der Waals surface area contributed by atoms with Gasteiger partial charge in [0.25, 0.3) is 0 Å². The third-order valence-electron chi connectivity index (χ3n) is 9.64. The number of carbonyl (C=O) groups excluding carboxylic acids is 6. The molecule has 2 N–H and O–H groups in total. The third-order valence-corrected chi connectivity index (χ3v) is 9.64. The maximum Gasteiger partial charge on any atom is 1.00 e. The number of ether oxygens (including phenoxy) is 3. The minimum atomic E-state index is -0.765. The van der Waals surface area contributed by atoms with Gasteiger partial charge in [-0.05, 0) is 114 Å². The summed E-state index contributed by atoms with van der Waals surface area (Å²) in [6.07, 6.45) is 13.5. The molecule has 61 heavy (non-hydrogen) atoms. The molecule has 3 aromatic rings. The summed E-state index contributed by atoms with van der Waals surface area (Å²) in [5.41, 5.74) is 1.84. The van der Waals surface area contributed by atoms with Crippen LogP contribution in [0, 0.1) is 0 Å². The summed E-state index contributed by atoms with van der Waals surface area (Å²) in [6, 6.07) is 9.39. The zero-order valence-corrected chi connectivity index (χ0v) is 41.0. The summed E-state index contributed by atoms with van der Waals surface area (Å²) in [6.45, 7) is 11.4. The van der Waals surface area contributed by atoms with E-state index in [4.69, 9.17) is 14.2 Å². The first-order valence-electron chi connectivity index (χ1n) is 17.8. The van der Waals surface area contributed by atoms with Gasteiger partial charge in [0.05, 0.1) is 0 Å². The van der Waals surface area contributed by atoms with E-state index in [0.29, 0.717) is 39.5 Å². The molecule has 0 radical (unpaired) electrons. The molecule has 0 spiro atoms. The monoisotopic (exact) mass is 852 g/mol. The van der Waals surface area contributed by atoms with Crippen LogP contribution >= 0.6 is 0 Å². The number of benzene rings is 3. The SMILES string of the molecule is CC1(C)C=Cc2c(ccc3c2C(=O)C=C([O-])C3=O)O1.CC1(C)C=Cc2c(ccc3c2C(O)=CC(=O)C3=O)O1.CC1(C)C=Cc2c(ccc3c2C([O-])=CC(=O)C3=O)O1.[Na+].[Na+].[Na+].[OH-]. The van der Waals surface area contributed by atoms with Crippen LogP contribution in [0.1, 0.15) is 111 Å². The van der Waals surface area contributed by atoms with E-state index in [9.17, 15) is 44.1 Å². The summed E-state index contributed by atoms with van der Waals surface area (Å²) < 4.78 is 17.3. The second kappa shape index (κ2) is 18.7. The van der Waals surface area contributed by atoms with Crippen LogP contribution in [-0.4, -0.2) is 62.1 Å². The fourth-order valence-electron chi connectivity index (χ4n) is 6.92. The molecule has 0 bridgehead atoms. The van der Waals surface area contributed by atoms with Crippen LogP contribution < -0.4 is 113 Å². The molecule has 3 aromatic carbocycles. The topological polar surface area (TPSA) is 226 Å². The van der Waals surface area contributed by atoms with Gasteiger partial charge in [-0.1, -0.05) is 29.7 Å². The molecular formula is C45H35Na3O13. The Labute approximate surface area is 417 Å². The third kappa shape index (κ3) is 9.92. The van der Waals surface area contributed by atoms with Gasteiger partial charge < -0.3 is 35.0 Å². The van der Waals surface area contributed by atoms with Crippen LogP contribution in [0.25, 0.3) is 29.7 Å². The van der Waals surface area contributed by atoms with Crippen molar-refractivity contribution in [3.05, 3.63) is 129 Å². The molecule has 0 unspecified atom stereocenters. The first-order valence-corrected chi connectivity index (χ1v) is 17.8. The normalized spacial score (nSPS) is 18.1. The van der Waals surface area contributed by atoms with Crippen molar-refractivity contribution in [1.82, 2.24) is 0 Å². The first kappa shape index (κ1) is 51.2. The predicted molar refractivity (Wildman–Crippen MR) is 206 cm³/mol. The number of rotatable bonds is 0. The van der Waals surface area contributed by atoms with Gasteiger partial charge in [0.2, 0.25) is 23.1 Å². The number of aliphatic hydroxyl groups excluding tert-OH is 1. The van der Waals surface area contributed by atoms with Crippen molar-refractivity contribution >= 4 is 64.4 Å². The average Bonchev–Trinajstić information content (AvgIpc) is 3.13. The van der Waals surface area contributed by atoms with Gasteiger partial charge in [0, 0.05) is 50.6 Å². The maximum absolute atomic E-state index is 12.0. The standard InChI is InChI=1S/3C15H12O4.3Na.H2O/c3*1-15(2)6-5-8-12(19-15)4-3-9-13(8)10(16)7-11(17)14(9)18;;;;/h3-7,17H,1-2H3;2*3-7,16H,1-2H3;;;;1H2/q;;;3*+1;/p-3. The molecule has 0 amide bonds. The molecule has 0 saturated carbocycles. The summed E-state index contributed by atoms with van der Waals surface area (Å²) >= 11 is 0. The first-order chi connectivity index (χ1) is 26.7. The van der Waals surface area contributed by atoms with Crippen molar-refractivity contribution in [2.45, 2.75) is 58.3 Å². The maximum atomic E-state index is 12.0. The molecule has 13 nitrogen and oxygen atoms in total. The minimum Gasteiger partial charge on any atom is -0.872 e. The summed E-state index contributed by atoms with van der Waals surface area (Å²) in [7, 11) is 0. The molecule has 0 fully saturated rings. The average molecular weight is 853 g/mol. The van der Waals surface area contributed by atoms with E-state index in [-0.39, 0.29) is 128 Å². The molecule has 296 valence electrons. The fraction of sp³-hybridized carbons (Fsp3) is 0.200. The summed E-state index contributed by atoms with van der Waals surface area (Å²) in [4.78, 5) is 70.1. The van der Waals surface area contributed by atoms with Gasteiger partial charge in [-0.3, -0.25) is 28.8 Å². The second-order valence-electron chi connectivity index (χ2n) is 15.4. The predicted octanol–water partition coefficient (Wildman–Crippen LogP) is -3.80. The van der Waals surface area contributed by atoms with Crippen molar-refractivity contribution < 1.29 is 152 Å². The van der Waals surface area contributed by atoms with Crippen LogP contribution in [0.5, 0.6) is 17.2 Å². The van der Waals surface area contributed by atoms with E-state index in [1.807, 2.05) is 65.8 Å². The van der Waals surface area contributed by atoms with E-state index in [0.717, 1.165) is 18.2 Å². The molecule has 0 atom stereocenters. The number of Topliss-reactive ketones (excluding diaryl/α,β-unsaturated/α-hetero) is 3. The summed E-state index contributed by atoms with van der Waals surface area (Å²) in [5, 5.41) is 33.3. The molecular weight excluding hydrogens is 817 g/mol. The quantitative estimate of drug-likeness (QED) is 0.169. The zero-order valence-electron chi connectivity index (χ0n) is 35.0. The Kier molecular flexibility index (Phi) is 15.7. The molecule has 0 aromatic heterocycles. The number of aliphatic hydroxyl groups is 1. The van der Waals surface area contributed by atoms with Crippen molar-refractivity contribution in [3.63, 3.8) is 0 Å².